The summed E-state index contributed by atoms with van der Waals surface area (Å²) in [5, 5.41) is 17.0. The van der Waals surface area contributed by atoms with Gasteiger partial charge in [0.05, 0.1) is 5.52 Å². The maximum atomic E-state index is 8.94. The molecule has 0 amide bonds. The maximum absolute atomic E-state index is 8.94. The zero-order valence-electron chi connectivity index (χ0n) is 12.5. The van der Waals surface area contributed by atoms with Crippen LogP contribution in [0.3, 0.4) is 0 Å². The number of nitrogens with zero attached hydrogens (tertiary/aromatic N) is 2. The summed E-state index contributed by atoms with van der Waals surface area (Å²) in [6.45, 7) is 0.789. The van der Waals surface area contributed by atoms with Gasteiger partial charge in [0.1, 0.15) is 5.82 Å². The Bertz CT molecular complexity index is 809. The molecule has 0 bridgehead atoms. The van der Waals surface area contributed by atoms with E-state index in [-0.39, 0.29) is 6.61 Å². The fraction of sp³-hybridized carbons (Fsp3) is 0.176. The molecule has 0 aliphatic rings. The Morgan fingerprint density at radius 1 is 1.04 bits per heavy atom. The molecule has 118 valence electrons. The standard InChI is InChI=1S/C17H17ClN4O/c18-12-5-3-6-13(11-12)20-17-21-15-8-2-1-7-14(15)16(22-17)19-9-4-10-23/h1-3,5-8,11,23H,4,9-10H2,(H2,19,20,21,22). The van der Waals surface area contributed by atoms with Gasteiger partial charge in [0.15, 0.2) is 0 Å². The molecule has 1 heterocycles. The van der Waals surface area contributed by atoms with E-state index in [9.17, 15) is 0 Å². The van der Waals surface area contributed by atoms with Crippen LogP contribution in [0.4, 0.5) is 17.5 Å². The van der Waals surface area contributed by atoms with Crippen molar-refractivity contribution in [1.29, 1.82) is 0 Å². The number of halogens is 1. The summed E-state index contributed by atoms with van der Waals surface area (Å²) in [6, 6.07) is 15.2. The van der Waals surface area contributed by atoms with E-state index in [1.807, 2.05) is 48.5 Å². The number of rotatable bonds is 6. The van der Waals surface area contributed by atoms with Crippen molar-refractivity contribution in [3.63, 3.8) is 0 Å². The molecule has 0 aliphatic heterocycles. The van der Waals surface area contributed by atoms with Gasteiger partial charge >= 0.3 is 0 Å². The second-order valence-corrected chi connectivity index (χ2v) is 5.49. The normalized spacial score (nSPS) is 10.7. The highest BCUT2D eigenvalue weighted by Crippen LogP contribution is 2.24. The van der Waals surface area contributed by atoms with Gasteiger partial charge in [-0.1, -0.05) is 29.8 Å². The molecule has 23 heavy (non-hydrogen) atoms. The van der Waals surface area contributed by atoms with Crippen LogP contribution in [-0.4, -0.2) is 28.2 Å². The van der Waals surface area contributed by atoms with E-state index in [0.29, 0.717) is 23.9 Å². The van der Waals surface area contributed by atoms with Crippen LogP contribution in [0.15, 0.2) is 48.5 Å². The highest BCUT2D eigenvalue weighted by molar-refractivity contribution is 6.30. The summed E-state index contributed by atoms with van der Waals surface area (Å²) >= 11 is 6.01. The first-order valence-electron chi connectivity index (χ1n) is 7.40. The van der Waals surface area contributed by atoms with E-state index in [1.54, 1.807) is 0 Å². The molecule has 0 fully saturated rings. The quantitative estimate of drug-likeness (QED) is 0.600. The van der Waals surface area contributed by atoms with Crippen molar-refractivity contribution in [1.82, 2.24) is 9.97 Å². The number of aliphatic hydroxyl groups excluding tert-OH is 1. The predicted octanol–water partition coefficient (Wildman–Crippen LogP) is 3.82. The van der Waals surface area contributed by atoms with Crippen LogP contribution in [0, 0.1) is 0 Å². The minimum absolute atomic E-state index is 0.142. The summed E-state index contributed by atoms with van der Waals surface area (Å²) in [5.74, 6) is 1.24. The Labute approximate surface area is 139 Å². The first-order valence-corrected chi connectivity index (χ1v) is 7.78. The average Bonchev–Trinajstić information content (AvgIpc) is 2.55. The third kappa shape index (κ3) is 3.88. The van der Waals surface area contributed by atoms with Crippen LogP contribution in [0.25, 0.3) is 10.9 Å². The van der Waals surface area contributed by atoms with Crippen LogP contribution in [0.5, 0.6) is 0 Å². The molecule has 0 radical (unpaired) electrons. The smallest absolute Gasteiger partial charge is 0.229 e. The molecule has 0 aliphatic carbocycles. The number of aliphatic hydroxyl groups is 1. The summed E-state index contributed by atoms with van der Waals surface area (Å²) < 4.78 is 0. The van der Waals surface area contributed by atoms with Crippen molar-refractivity contribution < 1.29 is 5.11 Å². The fourth-order valence-electron chi connectivity index (χ4n) is 2.25. The van der Waals surface area contributed by atoms with E-state index in [4.69, 9.17) is 16.7 Å². The Balaban J connectivity index is 1.93. The zero-order valence-corrected chi connectivity index (χ0v) is 13.2. The molecule has 6 heteroatoms. The van der Waals surface area contributed by atoms with E-state index < -0.39 is 0 Å². The molecule has 0 unspecified atom stereocenters. The van der Waals surface area contributed by atoms with Gasteiger partial charge in [0, 0.05) is 29.2 Å². The zero-order chi connectivity index (χ0) is 16.1. The molecule has 1 aromatic heterocycles. The molecular weight excluding hydrogens is 312 g/mol. The van der Waals surface area contributed by atoms with E-state index in [0.717, 1.165) is 22.4 Å². The molecular formula is C17H17ClN4O. The lowest BCUT2D eigenvalue weighted by Gasteiger charge is -2.11. The lowest BCUT2D eigenvalue weighted by atomic mass is 10.2. The van der Waals surface area contributed by atoms with Gasteiger partial charge in [-0.05, 0) is 36.8 Å². The van der Waals surface area contributed by atoms with Crippen molar-refractivity contribution in [2.45, 2.75) is 6.42 Å². The summed E-state index contributed by atoms with van der Waals surface area (Å²) in [4.78, 5) is 9.07. The largest absolute Gasteiger partial charge is 0.396 e. The molecule has 3 rings (SSSR count). The lowest BCUT2D eigenvalue weighted by Crippen LogP contribution is -2.08. The number of nitrogens with one attached hydrogen (secondary N) is 2. The molecule has 3 aromatic rings. The third-order valence-electron chi connectivity index (χ3n) is 3.31. The van der Waals surface area contributed by atoms with Crippen molar-refractivity contribution in [2.75, 3.05) is 23.8 Å². The van der Waals surface area contributed by atoms with Crippen LogP contribution in [0.1, 0.15) is 6.42 Å². The minimum atomic E-state index is 0.142. The van der Waals surface area contributed by atoms with E-state index >= 15 is 0 Å². The first kappa shape index (κ1) is 15.5. The first-order chi connectivity index (χ1) is 11.3. The topological polar surface area (TPSA) is 70.1 Å². The van der Waals surface area contributed by atoms with Crippen molar-refractivity contribution >= 4 is 40.0 Å². The molecule has 0 saturated carbocycles. The van der Waals surface area contributed by atoms with Crippen molar-refractivity contribution in [3.8, 4) is 0 Å². The van der Waals surface area contributed by atoms with Crippen molar-refractivity contribution in [2.24, 2.45) is 0 Å². The third-order valence-corrected chi connectivity index (χ3v) is 3.55. The average molecular weight is 329 g/mol. The SMILES string of the molecule is OCCCNc1nc(Nc2cccc(Cl)c2)nc2ccccc12. The number of anilines is 3. The monoisotopic (exact) mass is 328 g/mol. The van der Waals surface area contributed by atoms with Gasteiger partial charge in [0.25, 0.3) is 0 Å². The van der Waals surface area contributed by atoms with Crippen LogP contribution < -0.4 is 10.6 Å². The lowest BCUT2D eigenvalue weighted by molar-refractivity contribution is 0.292. The van der Waals surface area contributed by atoms with Gasteiger partial charge in [-0.25, -0.2) is 4.98 Å². The van der Waals surface area contributed by atoms with Gasteiger partial charge < -0.3 is 15.7 Å². The Kier molecular flexibility index (Phi) is 4.90. The van der Waals surface area contributed by atoms with Crippen molar-refractivity contribution in [3.05, 3.63) is 53.6 Å². The van der Waals surface area contributed by atoms with Crippen LogP contribution in [0.2, 0.25) is 5.02 Å². The van der Waals surface area contributed by atoms with Gasteiger partial charge in [-0.15, -0.1) is 0 Å². The number of hydrogen-bond acceptors (Lipinski definition) is 5. The highest BCUT2D eigenvalue weighted by atomic mass is 35.5. The summed E-state index contributed by atoms with van der Waals surface area (Å²) in [5.41, 5.74) is 1.67. The molecule has 5 nitrogen and oxygen atoms in total. The Morgan fingerprint density at radius 2 is 1.91 bits per heavy atom. The van der Waals surface area contributed by atoms with Gasteiger partial charge in [0.2, 0.25) is 5.95 Å². The second-order valence-electron chi connectivity index (χ2n) is 5.05. The van der Waals surface area contributed by atoms with Crippen LogP contribution in [-0.2, 0) is 0 Å². The van der Waals surface area contributed by atoms with E-state index in [1.165, 1.54) is 0 Å². The maximum Gasteiger partial charge on any atom is 0.229 e. The number of para-hydroxylation sites is 1. The summed E-state index contributed by atoms with van der Waals surface area (Å²) in [6.07, 6.45) is 0.662. The molecule has 0 atom stereocenters. The molecule has 2 aromatic carbocycles. The Morgan fingerprint density at radius 3 is 2.74 bits per heavy atom. The van der Waals surface area contributed by atoms with Gasteiger partial charge in [-0.3, -0.25) is 0 Å². The Hall–Kier alpha value is -2.37. The fourth-order valence-corrected chi connectivity index (χ4v) is 2.44. The highest BCUT2D eigenvalue weighted by Gasteiger charge is 2.07. The number of aromatic nitrogens is 2. The molecule has 0 spiro atoms. The molecule has 0 saturated heterocycles. The second kappa shape index (κ2) is 7.26. The van der Waals surface area contributed by atoms with Crippen LogP contribution >= 0.6 is 11.6 Å². The minimum Gasteiger partial charge on any atom is -0.396 e. The number of hydrogen-bond donors (Lipinski definition) is 3. The predicted molar refractivity (Wildman–Crippen MR) is 94.5 cm³/mol. The summed E-state index contributed by atoms with van der Waals surface area (Å²) in [7, 11) is 0. The number of fused-ring (bicyclic) bond motifs is 1. The van der Waals surface area contributed by atoms with E-state index in [2.05, 4.69) is 20.6 Å². The number of benzene rings is 2. The van der Waals surface area contributed by atoms with Gasteiger partial charge in [-0.2, -0.15) is 4.98 Å². The molecule has 3 N–H and O–H groups in total.